The van der Waals surface area contributed by atoms with E-state index in [0.29, 0.717) is 0 Å². The second kappa shape index (κ2) is 6.61. The van der Waals surface area contributed by atoms with Gasteiger partial charge in [-0.05, 0) is 39.3 Å². The van der Waals surface area contributed by atoms with Gasteiger partial charge in [0.1, 0.15) is 0 Å². The molecule has 1 aliphatic heterocycles. The second-order valence-electron chi connectivity index (χ2n) is 5.73. The number of likely N-dealkylation sites (N-methyl/N-ethyl adjacent to an activating group) is 1. The molecule has 2 heteroatoms. The van der Waals surface area contributed by atoms with Crippen molar-refractivity contribution in [1.82, 2.24) is 10.2 Å². The van der Waals surface area contributed by atoms with Crippen molar-refractivity contribution < 1.29 is 0 Å². The van der Waals surface area contributed by atoms with E-state index < -0.39 is 0 Å². The molecule has 2 rings (SSSR count). The van der Waals surface area contributed by atoms with Crippen molar-refractivity contribution in [1.29, 1.82) is 0 Å². The van der Waals surface area contributed by atoms with E-state index in [4.69, 9.17) is 0 Å². The van der Waals surface area contributed by atoms with Gasteiger partial charge in [-0.2, -0.15) is 0 Å². The van der Waals surface area contributed by atoms with Gasteiger partial charge in [-0.3, -0.25) is 0 Å². The standard InChI is InChI=1S/C14H28N2/c1-16(12-13-8-6-7-11-15-13)14-9-4-2-3-5-10-14/h13-15H,2-12H2,1H3. The largest absolute Gasteiger partial charge is 0.313 e. The number of nitrogens with one attached hydrogen (secondary N) is 1. The van der Waals surface area contributed by atoms with Gasteiger partial charge in [-0.1, -0.05) is 32.1 Å². The van der Waals surface area contributed by atoms with E-state index in [0.717, 1.165) is 12.1 Å². The lowest BCUT2D eigenvalue weighted by molar-refractivity contribution is 0.187. The van der Waals surface area contributed by atoms with Crippen LogP contribution >= 0.6 is 0 Å². The fraction of sp³-hybridized carbons (Fsp3) is 1.00. The number of rotatable bonds is 3. The van der Waals surface area contributed by atoms with Crippen LogP contribution in [0.1, 0.15) is 57.8 Å². The molecule has 0 aromatic rings. The zero-order valence-corrected chi connectivity index (χ0v) is 10.9. The summed E-state index contributed by atoms with van der Waals surface area (Å²) in [6.07, 6.45) is 12.9. The third kappa shape index (κ3) is 3.74. The molecule has 94 valence electrons. The van der Waals surface area contributed by atoms with E-state index >= 15 is 0 Å². The van der Waals surface area contributed by atoms with Crippen molar-refractivity contribution in [3.8, 4) is 0 Å². The Labute approximate surface area is 101 Å². The quantitative estimate of drug-likeness (QED) is 0.742. The van der Waals surface area contributed by atoms with Crippen LogP contribution in [0.25, 0.3) is 0 Å². The maximum atomic E-state index is 3.66. The summed E-state index contributed by atoms with van der Waals surface area (Å²) in [6, 6.07) is 1.63. The lowest BCUT2D eigenvalue weighted by atomic mass is 10.0. The Morgan fingerprint density at radius 3 is 2.25 bits per heavy atom. The van der Waals surface area contributed by atoms with Crippen molar-refractivity contribution in [2.75, 3.05) is 20.1 Å². The summed E-state index contributed by atoms with van der Waals surface area (Å²) in [5, 5.41) is 3.66. The van der Waals surface area contributed by atoms with E-state index in [1.807, 2.05) is 0 Å². The highest BCUT2D eigenvalue weighted by molar-refractivity contribution is 4.79. The van der Waals surface area contributed by atoms with Gasteiger partial charge in [0.25, 0.3) is 0 Å². The summed E-state index contributed by atoms with van der Waals surface area (Å²) in [6.45, 7) is 2.51. The van der Waals surface area contributed by atoms with Crippen LogP contribution in [0.5, 0.6) is 0 Å². The maximum absolute atomic E-state index is 3.66. The molecular formula is C14H28N2. The molecule has 0 aromatic carbocycles. The average Bonchev–Trinajstić information content (AvgIpc) is 2.59. The normalized spacial score (nSPS) is 29.2. The summed E-state index contributed by atoms with van der Waals surface area (Å²) in [5.74, 6) is 0. The smallest absolute Gasteiger partial charge is 0.0195 e. The molecule has 1 unspecified atom stereocenters. The molecule has 1 heterocycles. The molecule has 0 spiro atoms. The monoisotopic (exact) mass is 224 g/mol. The Kier molecular flexibility index (Phi) is 5.11. The number of hydrogen-bond acceptors (Lipinski definition) is 2. The fourth-order valence-corrected chi connectivity index (χ4v) is 3.28. The minimum Gasteiger partial charge on any atom is -0.313 e. The second-order valence-corrected chi connectivity index (χ2v) is 5.73. The van der Waals surface area contributed by atoms with Crippen LogP contribution in [-0.4, -0.2) is 37.1 Å². The zero-order valence-electron chi connectivity index (χ0n) is 10.9. The SMILES string of the molecule is CN(CC1CCCCN1)C1CCCCCC1. The van der Waals surface area contributed by atoms with Crippen molar-refractivity contribution >= 4 is 0 Å². The number of hydrogen-bond donors (Lipinski definition) is 1. The average molecular weight is 224 g/mol. The third-order valence-electron chi connectivity index (χ3n) is 4.37. The molecular weight excluding hydrogens is 196 g/mol. The van der Waals surface area contributed by atoms with E-state index in [2.05, 4.69) is 17.3 Å². The van der Waals surface area contributed by atoms with Gasteiger partial charge in [0.05, 0.1) is 0 Å². The van der Waals surface area contributed by atoms with E-state index in [9.17, 15) is 0 Å². The van der Waals surface area contributed by atoms with E-state index in [1.165, 1.54) is 70.9 Å². The molecule has 1 saturated heterocycles. The van der Waals surface area contributed by atoms with Gasteiger partial charge in [0.2, 0.25) is 0 Å². The lowest BCUT2D eigenvalue weighted by Crippen LogP contribution is -2.45. The highest BCUT2D eigenvalue weighted by Gasteiger charge is 2.20. The number of piperidine rings is 1. The first-order chi connectivity index (χ1) is 7.86. The topological polar surface area (TPSA) is 15.3 Å². The summed E-state index contributed by atoms with van der Waals surface area (Å²) < 4.78 is 0. The van der Waals surface area contributed by atoms with E-state index in [-0.39, 0.29) is 0 Å². The summed E-state index contributed by atoms with van der Waals surface area (Å²) in [7, 11) is 2.34. The van der Waals surface area contributed by atoms with Gasteiger partial charge in [0, 0.05) is 18.6 Å². The van der Waals surface area contributed by atoms with Crippen molar-refractivity contribution in [2.24, 2.45) is 0 Å². The molecule has 1 atom stereocenters. The molecule has 2 nitrogen and oxygen atoms in total. The Balaban J connectivity index is 1.74. The highest BCUT2D eigenvalue weighted by Crippen LogP contribution is 2.21. The third-order valence-corrected chi connectivity index (χ3v) is 4.37. The minimum absolute atomic E-state index is 0.766. The summed E-state index contributed by atoms with van der Waals surface area (Å²) in [5.41, 5.74) is 0. The van der Waals surface area contributed by atoms with Crippen LogP contribution in [0, 0.1) is 0 Å². The van der Waals surface area contributed by atoms with Gasteiger partial charge >= 0.3 is 0 Å². The highest BCUT2D eigenvalue weighted by atomic mass is 15.2. The molecule has 1 saturated carbocycles. The molecule has 0 aromatic heterocycles. The molecule has 2 fully saturated rings. The Hall–Kier alpha value is -0.0800. The predicted octanol–water partition coefficient (Wildman–Crippen LogP) is 2.78. The Morgan fingerprint density at radius 2 is 1.62 bits per heavy atom. The van der Waals surface area contributed by atoms with Crippen molar-refractivity contribution in [3.63, 3.8) is 0 Å². The molecule has 1 N–H and O–H groups in total. The molecule has 1 aliphatic carbocycles. The van der Waals surface area contributed by atoms with Crippen molar-refractivity contribution in [2.45, 2.75) is 69.9 Å². The van der Waals surface area contributed by atoms with Gasteiger partial charge in [-0.25, -0.2) is 0 Å². The van der Waals surface area contributed by atoms with Crippen LogP contribution in [0.15, 0.2) is 0 Å². The first-order valence-corrected chi connectivity index (χ1v) is 7.30. The van der Waals surface area contributed by atoms with Gasteiger partial charge in [0.15, 0.2) is 0 Å². The van der Waals surface area contributed by atoms with Gasteiger partial charge < -0.3 is 10.2 Å². The lowest BCUT2D eigenvalue weighted by Gasteiger charge is -2.33. The first-order valence-electron chi connectivity index (χ1n) is 7.30. The summed E-state index contributed by atoms with van der Waals surface area (Å²) in [4.78, 5) is 2.63. The Morgan fingerprint density at radius 1 is 0.938 bits per heavy atom. The molecule has 16 heavy (non-hydrogen) atoms. The first kappa shape index (κ1) is 12.4. The fourth-order valence-electron chi connectivity index (χ4n) is 3.28. The van der Waals surface area contributed by atoms with Gasteiger partial charge in [-0.15, -0.1) is 0 Å². The number of nitrogens with zero attached hydrogens (tertiary/aromatic N) is 1. The Bertz CT molecular complexity index is 179. The predicted molar refractivity (Wildman–Crippen MR) is 69.8 cm³/mol. The summed E-state index contributed by atoms with van der Waals surface area (Å²) >= 11 is 0. The van der Waals surface area contributed by atoms with Crippen LogP contribution in [0.2, 0.25) is 0 Å². The van der Waals surface area contributed by atoms with E-state index in [1.54, 1.807) is 0 Å². The zero-order chi connectivity index (χ0) is 11.2. The van der Waals surface area contributed by atoms with Crippen molar-refractivity contribution in [3.05, 3.63) is 0 Å². The van der Waals surface area contributed by atoms with Crippen LogP contribution in [0.3, 0.4) is 0 Å². The minimum atomic E-state index is 0.766. The molecule has 2 aliphatic rings. The molecule has 0 radical (unpaired) electrons. The maximum Gasteiger partial charge on any atom is 0.0195 e. The molecule has 0 bridgehead atoms. The van der Waals surface area contributed by atoms with Crippen LogP contribution in [0.4, 0.5) is 0 Å². The molecule has 0 amide bonds. The van der Waals surface area contributed by atoms with Crippen LogP contribution in [-0.2, 0) is 0 Å². The van der Waals surface area contributed by atoms with Crippen LogP contribution < -0.4 is 5.32 Å².